The van der Waals surface area contributed by atoms with Gasteiger partial charge < -0.3 is 5.73 Å². The van der Waals surface area contributed by atoms with E-state index in [0.29, 0.717) is 22.6 Å². The average Bonchev–Trinajstić information content (AvgIpc) is 2.84. The number of rotatable bonds is 5. The van der Waals surface area contributed by atoms with E-state index in [1.165, 1.54) is 25.7 Å². The van der Waals surface area contributed by atoms with Gasteiger partial charge in [-0.2, -0.15) is 0 Å². The van der Waals surface area contributed by atoms with E-state index in [1.54, 1.807) is 12.4 Å². The summed E-state index contributed by atoms with van der Waals surface area (Å²) in [5.74, 6) is 0. The van der Waals surface area contributed by atoms with Gasteiger partial charge in [0.15, 0.2) is 0 Å². The van der Waals surface area contributed by atoms with Crippen molar-refractivity contribution < 1.29 is 0 Å². The van der Waals surface area contributed by atoms with Crippen LogP contribution in [0.5, 0.6) is 0 Å². The van der Waals surface area contributed by atoms with E-state index >= 15 is 0 Å². The normalized spacial score (nSPS) is 16.3. The summed E-state index contributed by atoms with van der Waals surface area (Å²) in [6.45, 7) is 1.46. The predicted octanol–water partition coefficient (Wildman–Crippen LogP) is 2.77. The Morgan fingerprint density at radius 1 is 1.50 bits per heavy atom. The highest BCUT2D eigenvalue weighted by molar-refractivity contribution is 7.80. The Hall–Kier alpha value is -0.710. The molecule has 1 aromatic rings. The van der Waals surface area contributed by atoms with Crippen LogP contribution in [0.25, 0.3) is 0 Å². The van der Waals surface area contributed by atoms with Gasteiger partial charge in [0.05, 0.1) is 10.0 Å². The maximum absolute atomic E-state index is 6.16. The largest absolute Gasteiger partial charge is 0.392 e. The minimum atomic E-state index is 0.548. The fraction of sp³-hybridized carbons (Fsp3) is 0.538. The van der Waals surface area contributed by atoms with E-state index in [4.69, 9.17) is 29.6 Å². The van der Waals surface area contributed by atoms with Crippen molar-refractivity contribution in [1.82, 2.24) is 9.88 Å². The molecule has 0 saturated heterocycles. The summed E-state index contributed by atoms with van der Waals surface area (Å²) in [4.78, 5) is 6.90. The SMILES string of the molecule is NC(=S)CN(Cc1ccncc1Cl)C1CCCC1. The molecule has 3 nitrogen and oxygen atoms in total. The Bertz CT molecular complexity index is 418. The number of nitrogens with two attached hydrogens (primary N) is 1. The minimum absolute atomic E-state index is 0.548. The summed E-state index contributed by atoms with van der Waals surface area (Å²) < 4.78 is 0. The Kier molecular flexibility index (Phi) is 4.92. The van der Waals surface area contributed by atoms with Gasteiger partial charge in [-0.3, -0.25) is 9.88 Å². The summed E-state index contributed by atoms with van der Waals surface area (Å²) in [6.07, 6.45) is 8.50. The summed E-state index contributed by atoms with van der Waals surface area (Å²) in [6, 6.07) is 2.54. The van der Waals surface area contributed by atoms with E-state index in [9.17, 15) is 0 Å². The molecule has 18 heavy (non-hydrogen) atoms. The highest BCUT2D eigenvalue weighted by Crippen LogP contribution is 2.26. The van der Waals surface area contributed by atoms with Gasteiger partial charge >= 0.3 is 0 Å². The quantitative estimate of drug-likeness (QED) is 0.844. The Morgan fingerprint density at radius 2 is 2.22 bits per heavy atom. The first-order valence-electron chi connectivity index (χ1n) is 6.27. The Labute approximate surface area is 118 Å². The Balaban J connectivity index is 2.09. The monoisotopic (exact) mass is 283 g/mol. The van der Waals surface area contributed by atoms with Gasteiger partial charge in [-0.25, -0.2) is 0 Å². The number of pyridine rings is 1. The van der Waals surface area contributed by atoms with Crippen molar-refractivity contribution in [3.8, 4) is 0 Å². The Morgan fingerprint density at radius 3 is 2.83 bits per heavy atom. The van der Waals surface area contributed by atoms with Gasteiger partial charge in [0.1, 0.15) is 0 Å². The molecule has 0 amide bonds. The van der Waals surface area contributed by atoms with Crippen molar-refractivity contribution >= 4 is 28.8 Å². The van der Waals surface area contributed by atoms with Crippen LogP contribution >= 0.6 is 23.8 Å². The molecule has 5 heteroatoms. The van der Waals surface area contributed by atoms with Crippen LogP contribution < -0.4 is 5.73 Å². The molecule has 98 valence electrons. The third-order valence-corrected chi connectivity index (χ3v) is 3.90. The first-order chi connectivity index (χ1) is 8.66. The lowest BCUT2D eigenvalue weighted by molar-refractivity contribution is 0.219. The minimum Gasteiger partial charge on any atom is -0.392 e. The summed E-state index contributed by atoms with van der Waals surface area (Å²) in [5.41, 5.74) is 6.79. The first kappa shape index (κ1) is 13.7. The molecular formula is C13H18ClN3S. The highest BCUT2D eigenvalue weighted by atomic mass is 35.5. The van der Waals surface area contributed by atoms with Crippen molar-refractivity contribution in [3.63, 3.8) is 0 Å². The van der Waals surface area contributed by atoms with Gasteiger partial charge in [0.25, 0.3) is 0 Å². The van der Waals surface area contributed by atoms with Crippen LogP contribution in [0, 0.1) is 0 Å². The number of nitrogens with zero attached hydrogens (tertiary/aromatic N) is 2. The lowest BCUT2D eigenvalue weighted by Gasteiger charge is -2.28. The van der Waals surface area contributed by atoms with Crippen LogP contribution in [0.1, 0.15) is 31.2 Å². The molecule has 0 aromatic carbocycles. The number of hydrogen-bond acceptors (Lipinski definition) is 3. The van der Waals surface area contributed by atoms with E-state index in [0.717, 1.165) is 12.1 Å². The van der Waals surface area contributed by atoms with E-state index in [-0.39, 0.29) is 0 Å². The van der Waals surface area contributed by atoms with Crippen LogP contribution in [-0.2, 0) is 6.54 Å². The van der Waals surface area contributed by atoms with Crippen molar-refractivity contribution in [2.75, 3.05) is 6.54 Å². The molecule has 1 aliphatic carbocycles. The third kappa shape index (κ3) is 3.64. The maximum atomic E-state index is 6.16. The third-order valence-electron chi connectivity index (χ3n) is 3.43. The molecule has 1 aromatic heterocycles. The van der Waals surface area contributed by atoms with Gasteiger partial charge in [-0.05, 0) is 24.5 Å². The molecule has 0 radical (unpaired) electrons. The van der Waals surface area contributed by atoms with Gasteiger partial charge in [0, 0.05) is 31.5 Å². The zero-order valence-corrected chi connectivity index (χ0v) is 11.9. The molecule has 0 atom stereocenters. The molecule has 1 aliphatic rings. The van der Waals surface area contributed by atoms with Crippen molar-refractivity contribution in [3.05, 3.63) is 29.0 Å². The standard InChI is InChI=1S/C13H18ClN3S/c14-12-7-16-6-5-10(12)8-17(9-13(15)18)11-3-1-2-4-11/h5-7,11H,1-4,8-9H2,(H2,15,18). The van der Waals surface area contributed by atoms with Crippen LogP contribution in [0.4, 0.5) is 0 Å². The van der Waals surface area contributed by atoms with Crippen LogP contribution in [0.2, 0.25) is 5.02 Å². The highest BCUT2D eigenvalue weighted by Gasteiger charge is 2.23. The molecule has 0 spiro atoms. The lowest BCUT2D eigenvalue weighted by Crippen LogP contribution is -2.38. The molecule has 0 unspecified atom stereocenters. The fourth-order valence-electron chi connectivity index (χ4n) is 2.53. The molecule has 2 rings (SSSR count). The van der Waals surface area contributed by atoms with Crippen molar-refractivity contribution in [2.24, 2.45) is 5.73 Å². The molecule has 1 heterocycles. The zero-order chi connectivity index (χ0) is 13.0. The molecule has 0 aliphatic heterocycles. The number of hydrogen-bond donors (Lipinski definition) is 1. The van der Waals surface area contributed by atoms with Gasteiger partial charge in [-0.1, -0.05) is 36.7 Å². The number of halogens is 1. The fourth-order valence-corrected chi connectivity index (χ4v) is 2.88. The van der Waals surface area contributed by atoms with Crippen molar-refractivity contribution in [2.45, 2.75) is 38.3 Å². The maximum Gasteiger partial charge on any atom is 0.0870 e. The second-order valence-corrected chi connectivity index (χ2v) is 5.71. The van der Waals surface area contributed by atoms with Gasteiger partial charge in [0.2, 0.25) is 0 Å². The summed E-state index contributed by atoms with van der Waals surface area (Å²) in [7, 11) is 0. The van der Waals surface area contributed by atoms with Crippen LogP contribution in [0.3, 0.4) is 0 Å². The predicted molar refractivity (Wildman–Crippen MR) is 78.7 cm³/mol. The molecular weight excluding hydrogens is 266 g/mol. The zero-order valence-electron chi connectivity index (χ0n) is 10.3. The molecule has 1 fully saturated rings. The van der Waals surface area contributed by atoms with Gasteiger partial charge in [-0.15, -0.1) is 0 Å². The molecule has 0 bridgehead atoms. The van der Waals surface area contributed by atoms with Crippen LogP contribution in [-0.4, -0.2) is 27.5 Å². The van der Waals surface area contributed by atoms with Crippen LogP contribution in [0.15, 0.2) is 18.5 Å². The van der Waals surface area contributed by atoms with Crippen molar-refractivity contribution in [1.29, 1.82) is 0 Å². The average molecular weight is 284 g/mol. The second-order valence-electron chi connectivity index (χ2n) is 4.78. The molecule has 2 N–H and O–H groups in total. The summed E-state index contributed by atoms with van der Waals surface area (Å²) >= 11 is 11.2. The topological polar surface area (TPSA) is 42.1 Å². The second kappa shape index (κ2) is 6.45. The smallest absolute Gasteiger partial charge is 0.0870 e. The summed E-state index contributed by atoms with van der Waals surface area (Å²) in [5, 5.41) is 0.712. The first-order valence-corrected chi connectivity index (χ1v) is 7.06. The number of aromatic nitrogens is 1. The lowest BCUT2D eigenvalue weighted by atomic mass is 10.1. The molecule has 1 saturated carbocycles. The van der Waals surface area contributed by atoms with E-state index < -0.39 is 0 Å². The number of thiocarbonyl (C=S) groups is 1. The van der Waals surface area contributed by atoms with E-state index in [2.05, 4.69) is 9.88 Å². The van der Waals surface area contributed by atoms with E-state index in [1.807, 2.05) is 6.07 Å².